The number of aromatic nitrogens is 1. The van der Waals surface area contributed by atoms with E-state index >= 15 is 0 Å². The third-order valence-corrected chi connectivity index (χ3v) is 3.59. The van der Waals surface area contributed by atoms with E-state index in [9.17, 15) is 9.18 Å². The Kier molecular flexibility index (Phi) is 4.28. The number of ether oxygens (including phenoxy) is 2. The fourth-order valence-corrected chi connectivity index (χ4v) is 2.44. The van der Waals surface area contributed by atoms with Gasteiger partial charge in [-0.25, -0.2) is 9.18 Å². The molecule has 0 unspecified atom stereocenters. The maximum absolute atomic E-state index is 13.1. The molecule has 0 fully saturated rings. The minimum absolute atomic E-state index is 0.323. The van der Waals surface area contributed by atoms with E-state index < -0.39 is 0 Å². The molecule has 0 saturated carbocycles. The molecule has 0 amide bonds. The molecule has 0 radical (unpaired) electrons. The number of hydrogen-bond acceptors (Lipinski definition) is 3. The maximum atomic E-state index is 13.1. The van der Waals surface area contributed by atoms with Gasteiger partial charge in [-0.15, -0.1) is 0 Å². The van der Waals surface area contributed by atoms with Crippen LogP contribution in [0.3, 0.4) is 0 Å². The predicted molar refractivity (Wildman–Crippen MR) is 85.2 cm³/mol. The summed E-state index contributed by atoms with van der Waals surface area (Å²) in [6, 6.07) is 13.4. The minimum Gasteiger partial charge on any atom is -0.492 e. The molecule has 5 heteroatoms. The van der Waals surface area contributed by atoms with E-state index in [0.29, 0.717) is 24.5 Å². The van der Waals surface area contributed by atoms with Gasteiger partial charge in [-0.1, -0.05) is 12.1 Å². The number of rotatable bonds is 5. The molecule has 0 aliphatic carbocycles. The van der Waals surface area contributed by atoms with Gasteiger partial charge in [-0.3, -0.25) is 0 Å². The van der Waals surface area contributed by atoms with Crippen molar-refractivity contribution in [2.75, 3.05) is 13.7 Å². The van der Waals surface area contributed by atoms with E-state index in [0.717, 1.165) is 10.9 Å². The standard InChI is InChI=1S/C18H16FNO3/c1-22-18(21)14-6-5-13-7-8-20(17(13)11-14)9-10-23-16-4-2-3-15(19)12-16/h2-8,11-12H,9-10H2,1H3. The Morgan fingerprint density at radius 2 is 2.04 bits per heavy atom. The molecule has 0 saturated heterocycles. The lowest BCUT2D eigenvalue weighted by molar-refractivity contribution is 0.0601. The quantitative estimate of drug-likeness (QED) is 0.675. The predicted octanol–water partition coefficient (Wildman–Crippen LogP) is 3.65. The highest BCUT2D eigenvalue weighted by Crippen LogP contribution is 2.19. The Bertz CT molecular complexity index is 841. The monoisotopic (exact) mass is 313 g/mol. The first-order valence-electron chi connectivity index (χ1n) is 7.23. The van der Waals surface area contributed by atoms with E-state index in [1.807, 2.05) is 22.9 Å². The SMILES string of the molecule is COC(=O)c1ccc2ccn(CCOc3cccc(F)c3)c2c1. The third kappa shape index (κ3) is 3.34. The third-order valence-electron chi connectivity index (χ3n) is 3.59. The van der Waals surface area contributed by atoms with Gasteiger partial charge in [0.25, 0.3) is 0 Å². The second-order valence-corrected chi connectivity index (χ2v) is 5.08. The van der Waals surface area contributed by atoms with Crippen LogP contribution in [0.5, 0.6) is 5.75 Å². The minimum atomic E-state index is -0.365. The van der Waals surface area contributed by atoms with E-state index in [4.69, 9.17) is 9.47 Å². The summed E-state index contributed by atoms with van der Waals surface area (Å²) in [5.74, 6) is -0.191. The first-order chi connectivity index (χ1) is 11.2. The molecule has 0 bridgehead atoms. The zero-order valence-electron chi connectivity index (χ0n) is 12.7. The fourth-order valence-electron chi connectivity index (χ4n) is 2.44. The lowest BCUT2D eigenvalue weighted by Crippen LogP contribution is -2.08. The Morgan fingerprint density at radius 1 is 1.17 bits per heavy atom. The molecule has 0 aliphatic rings. The van der Waals surface area contributed by atoms with Crippen molar-refractivity contribution in [2.45, 2.75) is 6.54 Å². The number of hydrogen-bond donors (Lipinski definition) is 0. The van der Waals surface area contributed by atoms with Gasteiger partial charge in [0.1, 0.15) is 18.2 Å². The van der Waals surface area contributed by atoms with Crippen LogP contribution in [0.2, 0.25) is 0 Å². The average molecular weight is 313 g/mol. The number of esters is 1. The molecule has 0 atom stereocenters. The van der Waals surface area contributed by atoms with Gasteiger partial charge in [0.05, 0.1) is 19.2 Å². The summed E-state index contributed by atoms with van der Waals surface area (Å²) in [6.45, 7) is 0.986. The van der Waals surface area contributed by atoms with Crippen LogP contribution in [-0.4, -0.2) is 24.3 Å². The first-order valence-corrected chi connectivity index (χ1v) is 7.23. The van der Waals surface area contributed by atoms with Gasteiger partial charge in [-0.05, 0) is 35.7 Å². The number of benzene rings is 2. The molecule has 1 heterocycles. The topological polar surface area (TPSA) is 40.5 Å². The number of halogens is 1. The van der Waals surface area contributed by atoms with E-state index in [1.54, 1.807) is 24.3 Å². The van der Waals surface area contributed by atoms with Gasteiger partial charge < -0.3 is 14.0 Å². The molecular formula is C18H16FNO3. The van der Waals surface area contributed by atoms with Crippen LogP contribution in [0.25, 0.3) is 10.9 Å². The van der Waals surface area contributed by atoms with Crippen LogP contribution in [0.4, 0.5) is 4.39 Å². The van der Waals surface area contributed by atoms with Crippen molar-refractivity contribution < 1.29 is 18.7 Å². The summed E-state index contributed by atoms with van der Waals surface area (Å²) in [7, 11) is 1.36. The highest BCUT2D eigenvalue weighted by molar-refractivity contribution is 5.94. The first kappa shape index (κ1) is 15.1. The molecule has 4 nitrogen and oxygen atoms in total. The largest absolute Gasteiger partial charge is 0.492 e. The Balaban J connectivity index is 1.73. The normalized spacial score (nSPS) is 10.7. The molecule has 1 aromatic heterocycles. The molecule has 3 aromatic rings. The maximum Gasteiger partial charge on any atom is 0.337 e. The van der Waals surface area contributed by atoms with E-state index in [2.05, 4.69) is 0 Å². The fraction of sp³-hybridized carbons (Fsp3) is 0.167. The average Bonchev–Trinajstić information content (AvgIpc) is 2.96. The van der Waals surface area contributed by atoms with Gasteiger partial charge >= 0.3 is 5.97 Å². The van der Waals surface area contributed by atoms with Crippen molar-refractivity contribution in [3.63, 3.8) is 0 Å². The number of methoxy groups -OCH3 is 1. The van der Waals surface area contributed by atoms with Crippen LogP contribution in [-0.2, 0) is 11.3 Å². The zero-order chi connectivity index (χ0) is 16.2. The summed E-state index contributed by atoms with van der Waals surface area (Å²) < 4.78 is 25.4. The zero-order valence-corrected chi connectivity index (χ0v) is 12.7. The lowest BCUT2D eigenvalue weighted by Gasteiger charge is -2.09. The molecule has 23 heavy (non-hydrogen) atoms. The van der Waals surface area contributed by atoms with Gasteiger partial charge in [-0.2, -0.15) is 0 Å². The second-order valence-electron chi connectivity index (χ2n) is 5.08. The molecule has 2 aromatic carbocycles. The number of nitrogens with zero attached hydrogens (tertiary/aromatic N) is 1. The van der Waals surface area contributed by atoms with Crippen molar-refractivity contribution in [3.8, 4) is 5.75 Å². The number of fused-ring (bicyclic) bond motifs is 1. The van der Waals surface area contributed by atoms with E-state index in [1.165, 1.54) is 19.2 Å². The Morgan fingerprint density at radius 3 is 2.83 bits per heavy atom. The Labute approximate surface area is 133 Å². The van der Waals surface area contributed by atoms with Crippen molar-refractivity contribution >= 4 is 16.9 Å². The highest BCUT2D eigenvalue weighted by Gasteiger charge is 2.08. The second kappa shape index (κ2) is 6.52. The summed E-state index contributed by atoms with van der Waals surface area (Å²) >= 11 is 0. The van der Waals surface area contributed by atoms with Crippen LogP contribution >= 0.6 is 0 Å². The van der Waals surface area contributed by atoms with Gasteiger partial charge in [0.2, 0.25) is 0 Å². The van der Waals surface area contributed by atoms with E-state index in [-0.39, 0.29) is 11.8 Å². The van der Waals surface area contributed by atoms with Gasteiger partial charge in [0, 0.05) is 17.8 Å². The lowest BCUT2D eigenvalue weighted by atomic mass is 10.1. The smallest absolute Gasteiger partial charge is 0.337 e. The number of carbonyl (C=O) groups excluding carboxylic acids is 1. The summed E-state index contributed by atoms with van der Waals surface area (Å²) in [5, 5.41) is 1.03. The van der Waals surface area contributed by atoms with Crippen LogP contribution in [0.15, 0.2) is 54.7 Å². The van der Waals surface area contributed by atoms with Crippen LogP contribution in [0.1, 0.15) is 10.4 Å². The molecular weight excluding hydrogens is 297 g/mol. The van der Waals surface area contributed by atoms with Crippen molar-refractivity contribution in [2.24, 2.45) is 0 Å². The molecule has 0 aliphatic heterocycles. The van der Waals surface area contributed by atoms with Gasteiger partial charge in [0.15, 0.2) is 0 Å². The molecule has 0 spiro atoms. The number of carbonyl (C=O) groups is 1. The van der Waals surface area contributed by atoms with Crippen molar-refractivity contribution in [3.05, 3.63) is 66.1 Å². The summed E-state index contributed by atoms with van der Waals surface area (Å²) in [6.07, 6.45) is 1.93. The van der Waals surface area contributed by atoms with Crippen LogP contribution in [0, 0.1) is 5.82 Å². The van der Waals surface area contributed by atoms with Crippen LogP contribution < -0.4 is 4.74 Å². The van der Waals surface area contributed by atoms with Crippen molar-refractivity contribution in [1.82, 2.24) is 4.57 Å². The summed E-state index contributed by atoms with van der Waals surface area (Å²) in [5.41, 5.74) is 1.43. The highest BCUT2D eigenvalue weighted by atomic mass is 19.1. The molecule has 0 N–H and O–H groups in total. The molecule has 118 valence electrons. The molecule has 3 rings (SSSR count). The van der Waals surface area contributed by atoms with Crippen molar-refractivity contribution in [1.29, 1.82) is 0 Å². The Hall–Kier alpha value is -2.82. The summed E-state index contributed by atoms with van der Waals surface area (Å²) in [4.78, 5) is 11.6.